The summed E-state index contributed by atoms with van der Waals surface area (Å²) in [5.41, 5.74) is 5.36. The quantitative estimate of drug-likeness (QED) is 0.865. The Morgan fingerprint density at radius 3 is 2.80 bits per heavy atom. The molecule has 3 nitrogen and oxygen atoms in total. The fraction of sp³-hybridized carbons (Fsp3) is 0.294. The lowest BCUT2D eigenvalue weighted by atomic mass is 10.0. The number of aryl methyl sites for hydroxylation is 1. The lowest BCUT2D eigenvalue weighted by molar-refractivity contribution is 0.0992. The first kappa shape index (κ1) is 13.0. The van der Waals surface area contributed by atoms with Crippen LogP contribution in [0.15, 0.2) is 36.5 Å². The molecule has 0 bridgehead atoms. The first-order valence-electron chi connectivity index (χ1n) is 7.06. The van der Waals surface area contributed by atoms with Crippen molar-refractivity contribution in [2.75, 3.05) is 0 Å². The van der Waals surface area contributed by atoms with Crippen molar-refractivity contribution in [2.45, 2.75) is 32.9 Å². The molecule has 1 N–H and O–H groups in total. The number of rotatable bonds is 4. The zero-order valence-corrected chi connectivity index (χ0v) is 11.6. The van der Waals surface area contributed by atoms with Crippen molar-refractivity contribution in [3.05, 3.63) is 64.5 Å². The summed E-state index contributed by atoms with van der Waals surface area (Å²) in [6.07, 6.45) is 3.20. The number of carbonyl (C=O) groups is 1. The monoisotopic (exact) mass is 266 g/mol. The number of nitrogens with one attached hydrogen (secondary N) is 1. The van der Waals surface area contributed by atoms with Crippen LogP contribution in [0.1, 0.15) is 39.7 Å². The largest absolute Gasteiger partial charge is 0.309 e. The Morgan fingerprint density at radius 1 is 1.20 bits per heavy atom. The van der Waals surface area contributed by atoms with Crippen LogP contribution in [0.3, 0.4) is 0 Å². The van der Waals surface area contributed by atoms with Crippen LogP contribution in [0.4, 0.5) is 0 Å². The molecule has 0 fully saturated rings. The maximum atomic E-state index is 12.3. The van der Waals surface area contributed by atoms with Crippen molar-refractivity contribution in [1.29, 1.82) is 0 Å². The minimum atomic E-state index is 0.136. The molecular formula is C17H18N2O. The summed E-state index contributed by atoms with van der Waals surface area (Å²) in [5.74, 6) is 0.136. The van der Waals surface area contributed by atoms with Gasteiger partial charge in [-0.2, -0.15) is 0 Å². The van der Waals surface area contributed by atoms with E-state index in [1.807, 2.05) is 30.5 Å². The van der Waals surface area contributed by atoms with Crippen molar-refractivity contribution < 1.29 is 4.79 Å². The van der Waals surface area contributed by atoms with Gasteiger partial charge in [0.05, 0.1) is 6.42 Å². The SMILES string of the molecule is CCc1ccc(CC(=O)c2ccc3c(c2)CNC3)nc1. The number of aromatic nitrogens is 1. The van der Waals surface area contributed by atoms with Crippen molar-refractivity contribution in [1.82, 2.24) is 10.3 Å². The maximum Gasteiger partial charge on any atom is 0.168 e. The lowest BCUT2D eigenvalue weighted by Gasteiger charge is -2.04. The summed E-state index contributed by atoms with van der Waals surface area (Å²) < 4.78 is 0. The molecule has 0 atom stereocenters. The summed E-state index contributed by atoms with van der Waals surface area (Å²) in [7, 11) is 0. The van der Waals surface area contributed by atoms with Crippen LogP contribution in [0.25, 0.3) is 0 Å². The van der Waals surface area contributed by atoms with E-state index in [1.54, 1.807) is 0 Å². The van der Waals surface area contributed by atoms with Gasteiger partial charge in [-0.1, -0.05) is 25.1 Å². The van der Waals surface area contributed by atoms with Crippen LogP contribution in [-0.2, 0) is 25.9 Å². The van der Waals surface area contributed by atoms with Gasteiger partial charge in [-0.3, -0.25) is 9.78 Å². The predicted octanol–water partition coefficient (Wildman–Crippen LogP) is 2.67. The molecule has 1 aromatic carbocycles. The molecule has 0 unspecified atom stereocenters. The third kappa shape index (κ3) is 2.63. The topological polar surface area (TPSA) is 42.0 Å². The summed E-state index contributed by atoms with van der Waals surface area (Å²) >= 11 is 0. The molecule has 1 aliphatic rings. The van der Waals surface area contributed by atoms with E-state index >= 15 is 0 Å². The Labute approximate surface area is 119 Å². The van der Waals surface area contributed by atoms with Crippen LogP contribution in [-0.4, -0.2) is 10.8 Å². The maximum absolute atomic E-state index is 12.3. The first-order valence-corrected chi connectivity index (χ1v) is 7.06. The van der Waals surface area contributed by atoms with Gasteiger partial charge in [0.1, 0.15) is 0 Å². The van der Waals surface area contributed by atoms with Gasteiger partial charge < -0.3 is 5.32 Å². The van der Waals surface area contributed by atoms with Crippen molar-refractivity contribution >= 4 is 5.78 Å². The van der Waals surface area contributed by atoms with Crippen molar-refractivity contribution in [3.8, 4) is 0 Å². The average molecular weight is 266 g/mol. The molecule has 20 heavy (non-hydrogen) atoms. The number of fused-ring (bicyclic) bond motifs is 1. The van der Waals surface area contributed by atoms with Gasteiger partial charge in [0.25, 0.3) is 0 Å². The van der Waals surface area contributed by atoms with E-state index in [9.17, 15) is 4.79 Å². The average Bonchev–Trinajstić information content (AvgIpc) is 2.95. The number of carbonyl (C=O) groups excluding carboxylic acids is 1. The molecule has 102 valence electrons. The molecule has 0 saturated heterocycles. The Hall–Kier alpha value is -2.00. The van der Waals surface area contributed by atoms with Crippen LogP contribution < -0.4 is 5.32 Å². The zero-order chi connectivity index (χ0) is 13.9. The van der Waals surface area contributed by atoms with E-state index in [1.165, 1.54) is 16.7 Å². The second kappa shape index (κ2) is 5.55. The van der Waals surface area contributed by atoms with E-state index in [4.69, 9.17) is 0 Å². The molecule has 0 spiro atoms. The molecule has 0 radical (unpaired) electrons. The van der Waals surface area contributed by atoms with E-state index in [0.717, 1.165) is 30.8 Å². The molecule has 1 aliphatic heterocycles. The molecule has 0 saturated carbocycles. The number of hydrogen-bond acceptors (Lipinski definition) is 3. The minimum Gasteiger partial charge on any atom is -0.309 e. The van der Waals surface area contributed by atoms with Crippen LogP contribution >= 0.6 is 0 Å². The number of Topliss-reactive ketones (excluding diaryl/α,β-unsaturated/α-hetero) is 1. The van der Waals surface area contributed by atoms with Gasteiger partial charge in [0.2, 0.25) is 0 Å². The molecule has 2 aromatic rings. The van der Waals surface area contributed by atoms with E-state index in [2.05, 4.69) is 23.3 Å². The van der Waals surface area contributed by atoms with Gasteiger partial charge in [-0.25, -0.2) is 0 Å². The molecule has 3 rings (SSSR count). The van der Waals surface area contributed by atoms with Crippen molar-refractivity contribution in [3.63, 3.8) is 0 Å². The summed E-state index contributed by atoms with van der Waals surface area (Å²) in [6, 6.07) is 9.98. The summed E-state index contributed by atoms with van der Waals surface area (Å²) in [5, 5.41) is 3.29. The van der Waals surface area contributed by atoms with Crippen molar-refractivity contribution in [2.24, 2.45) is 0 Å². The first-order chi connectivity index (χ1) is 9.76. The second-order valence-electron chi connectivity index (χ2n) is 5.20. The Morgan fingerprint density at radius 2 is 2.05 bits per heavy atom. The number of pyridine rings is 1. The zero-order valence-electron chi connectivity index (χ0n) is 11.6. The van der Waals surface area contributed by atoms with E-state index in [-0.39, 0.29) is 5.78 Å². The van der Waals surface area contributed by atoms with E-state index in [0.29, 0.717) is 6.42 Å². The number of nitrogens with zero attached hydrogens (tertiary/aromatic N) is 1. The Balaban J connectivity index is 1.75. The minimum absolute atomic E-state index is 0.136. The molecule has 0 amide bonds. The standard InChI is InChI=1S/C17H18N2O/c1-2-12-3-6-16(19-9-12)8-17(20)13-4-5-14-10-18-11-15(14)7-13/h3-7,9,18H,2,8,10-11H2,1H3. The fourth-order valence-corrected chi connectivity index (χ4v) is 2.50. The molecule has 2 heterocycles. The number of hydrogen-bond donors (Lipinski definition) is 1. The summed E-state index contributed by atoms with van der Waals surface area (Å²) in [6.45, 7) is 3.87. The smallest absolute Gasteiger partial charge is 0.168 e. The van der Waals surface area contributed by atoms with Crippen LogP contribution in [0.5, 0.6) is 0 Å². The van der Waals surface area contributed by atoms with Gasteiger partial charge in [0, 0.05) is 30.5 Å². The molecule has 1 aromatic heterocycles. The highest BCUT2D eigenvalue weighted by atomic mass is 16.1. The summed E-state index contributed by atoms with van der Waals surface area (Å²) in [4.78, 5) is 16.7. The third-order valence-electron chi connectivity index (χ3n) is 3.80. The highest BCUT2D eigenvalue weighted by Gasteiger charge is 2.14. The molecule has 0 aliphatic carbocycles. The normalized spacial score (nSPS) is 13.2. The highest BCUT2D eigenvalue weighted by molar-refractivity contribution is 5.97. The second-order valence-corrected chi connectivity index (χ2v) is 5.20. The Kier molecular flexibility index (Phi) is 3.61. The van der Waals surface area contributed by atoms with E-state index < -0.39 is 0 Å². The van der Waals surface area contributed by atoms with Gasteiger partial charge in [0.15, 0.2) is 5.78 Å². The molecular weight excluding hydrogens is 248 g/mol. The highest BCUT2D eigenvalue weighted by Crippen LogP contribution is 2.18. The van der Waals surface area contributed by atoms with Gasteiger partial charge in [-0.05, 0) is 35.2 Å². The van der Waals surface area contributed by atoms with Crippen LogP contribution in [0, 0.1) is 0 Å². The fourth-order valence-electron chi connectivity index (χ4n) is 2.50. The molecule has 3 heteroatoms. The number of ketones is 1. The Bertz CT molecular complexity index is 632. The van der Waals surface area contributed by atoms with Crippen LogP contribution in [0.2, 0.25) is 0 Å². The third-order valence-corrected chi connectivity index (χ3v) is 3.80. The number of benzene rings is 1. The van der Waals surface area contributed by atoms with Gasteiger partial charge in [-0.15, -0.1) is 0 Å². The predicted molar refractivity (Wildman–Crippen MR) is 78.6 cm³/mol. The van der Waals surface area contributed by atoms with Gasteiger partial charge >= 0.3 is 0 Å². The lowest BCUT2D eigenvalue weighted by Crippen LogP contribution is -2.06.